The van der Waals surface area contributed by atoms with Gasteiger partial charge in [-0.05, 0) is 23.8 Å². The number of nitrogens with zero attached hydrogens (tertiary/aromatic N) is 1. The molecule has 0 fully saturated rings. The molecule has 1 heterocycles. The molecule has 5 heteroatoms. The van der Waals surface area contributed by atoms with Crippen molar-refractivity contribution in [3.63, 3.8) is 0 Å². The SMILES string of the molecule is CC(CN(C)C(=O)C1CCSc2ccccc21)C(=O)O. The van der Waals surface area contributed by atoms with Gasteiger partial charge in [-0.2, -0.15) is 0 Å². The van der Waals surface area contributed by atoms with Crippen molar-refractivity contribution < 1.29 is 14.7 Å². The summed E-state index contributed by atoms with van der Waals surface area (Å²) < 4.78 is 0. The molecule has 1 aliphatic heterocycles. The van der Waals surface area contributed by atoms with E-state index in [1.54, 1.807) is 30.6 Å². The topological polar surface area (TPSA) is 57.6 Å². The first-order valence-electron chi connectivity index (χ1n) is 6.70. The van der Waals surface area contributed by atoms with Crippen LogP contribution in [0.3, 0.4) is 0 Å². The molecule has 0 saturated heterocycles. The molecule has 0 aliphatic carbocycles. The fraction of sp³-hybridized carbons (Fsp3) is 0.467. The maximum absolute atomic E-state index is 12.5. The Morgan fingerprint density at radius 2 is 2.15 bits per heavy atom. The molecule has 0 saturated carbocycles. The Bertz CT molecular complexity index is 518. The first-order valence-corrected chi connectivity index (χ1v) is 7.68. The minimum atomic E-state index is -0.871. The highest BCUT2D eigenvalue weighted by molar-refractivity contribution is 7.99. The second-order valence-corrected chi connectivity index (χ2v) is 6.32. The fourth-order valence-corrected chi connectivity index (χ4v) is 3.57. The first-order chi connectivity index (χ1) is 9.50. The van der Waals surface area contributed by atoms with Crippen molar-refractivity contribution in [1.29, 1.82) is 0 Å². The number of hydrogen-bond acceptors (Lipinski definition) is 3. The lowest BCUT2D eigenvalue weighted by Gasteiger charge is -2.29. The van der Waals surface area contributed by atoms with Gasteiger partial charge < -0.3 is 10.0 Å². The molecule has 1 aromatic rings. The van der Waals surface area contributed by atoms with Gasteiger partial charge in [0, 0.05) is 18.5 Å². The minimum absolute atomic E-state index is 0.0193. The highest BCUT2D eigenvalue weighted by Gasteiger charge is 2.29. The minimum Gasteiger partial charge on any atom is -0.481 e. The Morgan fingerprint density at radius 1 is 1.45 bits per heavy atom. The number of carboxylic acids is 1. The Hall–Kier alpha value is -1.49. The number of rotatable bonds is 4. The van der Waals surface area contributed by atoms with Crippen LogP contribution in [0.4, 0.5) is 0 Å². The normalized spacial score (nSPS) is 19.0. The monoisotopic (exact) mass is 293 g/mol. The van der Waals surface area contributed by atoms with Crippen molar-refractivity contribution in [2.24, 2.45) is 5.92 Å². The van der Waals surface area contributed by atoms with E-state index in [4.69, 9.17) is 5.11 Å². The van der Waals surface area contributed by atoms with E-state index in [9.17, 15) is 9.59 Å². The van der Waals surface area contributed by atoms with E-state index in [2.05, 4.69) is 0 Å². The summed E-state index contributed by atoms with van der Waals surface area (Å²) in [4.78, 5) is 26.1. The number of hydrogen-bond donors (Lipinski definition) is 1. The molecule has 1 aromatic carbocycles. The molecule has 2 unspecified atom stereocenters. The molecule has 0 aromatic heterocycles. The number of thioether (sulfide) groups is 1. The fourth-order valence-electron chi connectivity index (χ4n) is 2.44. The molecule has 108 valence electrons. The van der Waals surface area contributed by atoms with Crippen LogP contribution in [0.5, 0.6) is 0 Å². The van der Waals surface area contributed by atoms with Gasteiger partial charge in [0.1, 0.15) is 0 Å². The van der Waals surface area contributed by atoms with E-state index in [0.29, 0.717) is 0 Å². The van der Waals surface area contributed by atoms with E-state index >= 15 is 0 Å². The second-order valence-electron chi connectivity index (χ2n) is 5.19. The maximum atomic E-state index is 12.5. The largest absolute Gasteiger partial charge is 0.481 e. The number of carboxylic acid groups (broad SMARTS) is 1. The molecule has 2 rings (SSSR count). The van der Waals surface area contributed by atoms with E-state index in [0.717, 1.165) is 22.6 Å². The van der Waals surface area contributed by atoms with Crippen molar-refractivity contribution in [2.45, 2.75) is 24.2 Å². The summed E-state index contributed by atoms with van der Waals surface area (Å²) in [5, 5.41) is 8.94. The van der Waals surface area contributed by atoms with E-state index in [1.165, 1.54) is 0 Å². The van der Waals surface area contributed by atoms with Crippen LogP contribution in [-0.4, -0.2) is 41.2 Å². The summed E-state index contributed by atoms with van der Waals surface area (Å²) in [5.74, 6) is -0.610. The van der Waals surface area contributed by atoms with Crippen LogP contribution in [0.2, 0.25) is 0 Å². The van der Waals surface area contributed by atoms with Gasteiger partial charge in [0.15, 0.2) is 0 Å². The smallest absolute Gasteiger partial charge is 0.308 e. The van der Waals surface area contributed by atoms with Crippen LogP contribution >= 0.6 is 11.8 Å². The molecule has 1 aliphatic rings. The molecule has 0 bridgehead atoms. The number of likely N-dealkylation sites (N-methyl/N-ethyl adjacent to an activating group) is 1. The number of amides is 1. The average Bonchev–Trinajstić information content (AvgIpc) is 2.45. The zero-order valence-corrected chi connectivity index (χ0v) is 12.5. The molecule has 4 nitrogen and oxygen atoms in total. The van der Waals surface area contributed by atoms with Crippen LogP contribution in [0.15, 0.2) is 29.2 Å². The number of carbonyl (C=O) groups is 2. The summed E-state index contributed by atoms with van der Waals surface area (Å²) in [6.07, 6.45) is 0.812. The predicted octanol–water partition coefficient (Wildman–Crippen LogP) is 2.45. The van der Waals surface area contributed by atoms with Crippen molar-refractivity contribution in [1.82, 2.24) is 4.90 Å². The van der Waals surface area contributed by atoms with Gasteiger partial charge in [0.05, 0.1) is 11.8 Å². The Kier molecular flexibility index (Phi) is 4.70. The maximum Gasteiger partial charge on any atom is 0.308 e. The molecule has 0 radical (unpaired) electrons. The van der Waals surface area contributed by atoms with Gasteiger partial charge in [0.2, 0.25) is 5.91 Å². The summed E-state index contributed by atoms with van der Waals surface area (Å²) in [5.41, 5.74) is 1.07. The Balaban J connectivity index is 2.12. The lowest BCUT2D eigenvalue weighted by molar-refractivity contribution is -0.142. The number of carbonyl (C=O) groups excluding carboxylic acids is 1. The van der Waals surface area contributed by atoms with Crippen LogP contribution in [0.25, 0.3) is 0 Å². The van der Waals surface area contributed by atoms with Crippen LogP contribution in [-0.2, 0) is 9.59 Å². The third kappa shape index (κ3) is 3.15. The summed E-state index contributed by atoms with van der Waals surface area (Å²) in [6, 6.07) is 7.97. The molecule has 1 N–H and O–H groups in total. The van der Waals surface area contributed by atoms with Crippen molar-refractivity contribution >= 4 is 23.6 Å². The Morgan fingerprint density at radius 3 is 2.85 bits per heavy atom. The number of fused-ring (bicyclic) bond motifs is 1. The van der Waals surface area contributed by atoms with Crippen molar-refractivity contribution in [3.8, 4) is 0 Å². The molecule has 20 heavy (non-hydrogen) atoms. The van der Waals surface area contributed by atoms with Crippen molar-refractivity contribution in [3.05, 3.63) is 29.8 Å². The molecule has 1 amide bonds. The summed E-state index contributed by atoms with van der Waals surface area (Å²) in [6.45, 7) is 1.87. The Labute approximate surface area is 123 Å². The molecule has 2 atom stereocenters. The predicted molar refractivity (Wildman–Crippen MR) is 79.0 cm³/mol. The van der Waals surface area contributed by atoms with Crippen LogP contribution in [0, 0.1) is 5.92 Å². The third-order valence-electron chi connectivity index (χ3n) is 3.60. The highest BCUT2D eigenvalue weighted by Crippen LogP contribution is 2.38. The lowest BCUT2D eigenvalue weighted by atomic mass is 9.94. The first kappa shape index (κ1) is 14.9. The summed E-state index contributed by atoms with van der Waals surface area (Å²) in [7, 11) is 1.69. The van der Waals surface area contributed by atoms with Gasteiger partial charge >= 0.3 is 5.97 Å². The van der Waals surface area contributed by atoms with Gasteiger partial charge in [0.25, 0.3) is 0 Å². The van der Waals surface area contributed by atoms with Crippen LogP contribution < -0.4 is 0 Å². The standard InChI is InChI=1S/C15H19NO3S/c1-10(15(18)19)9-16(2)14(17)12-7-8-20-13-6-4-3-5-11(12)13/h3-6,10,12H,7-9H2,1-2H3,(H,18,19). The van der Waals surface area contributed by atoms with Crippen molar-refractivity contribution in [2.75, 3.05) is 19.3 Å². The van der Waals surface area contributed by atoms with E-state index < -0.39 is 11.9 Å². The third-order valence-corrected chi connectivity index (χ3v) is 4.72. The zero-order chi connectivity index (χ0) is 14.7. The quantitative estimate of drug-likeness (QED) is 0.926. The van der Waals surface area contributed by atoms with Gasteiger partial charge in [-0.3, -0.25) is 9.59 Å². The molecule has 0 spiro atoms. The lowest BCUT2D eigenvalue weighted by Crippen LogP contribution is -2.37. The van der Waals surface area contributed by atoms with Gasteiger partial charge in [-0.1, -0.05) is 25.1 Å². The highest BCUT2D eigenvalue weighted by atomic mass is 32.2. The molecular weight excluding hydrogens is 274 g/mol. The van der Waals surface area contributed by atoms with Crippen LogP contribution in [0.1, 0.15) is 24.8 Å². The van der Waals surface area contributed by atoms with E-state index in [-0.39, 0.29) is 18.4 Å². The zero-order valence-electron chi connectivity index (χ0n) is 11.7. The number of aliphatic carboxylic acids is 1. The van der Waals surface area contributed by atoms with Gasteiger partial charge in [-0.25, -0.2) is 0 Å². The average molecular weight is 293 g/mol. The van der Waals surface area contributed by atoms with Gasteiger partial charge in [-0.15, -0.1) is 11.8 Å². The molecular formula is C15H19NO3S. The number of benzene rings is 1. The summed E-state index contributed by atoms with van der Waals surface area (Å²) >= 11 is 1.78. The second kappa shape index (κ2) is 6.31. The van der Waals surface area contributed by atoms with E-state index in [1.807, 2.05) is 24.3 Å².